The van der Waals surface area contributed by atoms with Crippen LogP contribution < -0.4 is 10.6 Å². The standard InChI is InChI=1S/C19H13F4N3O/c20-13-4-3-5-14(9-13)25-15-8-12(10-24-11-15)18(27)26-17-7-2-1-6-16(17)19(21,22)23/h1-11,25H,(H,26,27). The van der Waals surface area contributed by atoms with Crippen molar-refractivity contribution in [1.82, 2.24) is 4.98 Å². The van der Waals surface area contributed by atoms with Gasteiger partial charge in [0.25, 0.3) is 5.91 Å². The van der Waals surface area contributed by atoms with Gasteiger partial charge in [0.2, 0.25) is 0 Å². The first kappa shape index (κ1) is 18.4. The van der Waals surface area contributed by atoms with Crippen LogP contribution in [0.4, 0.5) is 34.6 Å². The Morgan fingerprint density at radius 1 is 0.926 bits per heavy atom. The molecule has 0 unspecified atom stereocenters. The summed E-state index contributed by atoms with van der Waals surface area (Å²) in [4.78, 5) is 16.2. The van der Waals surface area contributed by atoms with Gasteiger partial charge < -0.3 is 10.6 Å². The quantitative estimate of drug-likeness (QED) is 0.614. The summed E-state index contributed by atoms with van der Waals surface area (Å²) in [5.41, 5.74) is -0.415. The van der Waals surface area contributed by atoms with Gasteiger partial charge in [-0.3, -0.25) is 9.78 Å². The topological polar surface area (TPSA) is 54.0 Å². The first-order chi connectivity index (χ1) is 12.8. The van der Waals surface area contributed by atoms with Gasteiger partial charge in [-0.2, -0.15) is 13.2 Å². The minimum Gasteiger partial charge on any atom is -0.354 e. The number of hydrogen-bond donors (Lipinski definition) is 2. The largest absolute Gasteiger partial charge is 0.418 e. The van der Waals surface area contributed by atoms with Crippen LogP contribution in [0.25, 0.3) is 0 Å². The Bertz CT molecular complexity index is 973. The molecule has 2 N–H and O–H groups in total. The van der Waals surface area contributed by atoms with E-state index in [1.54, 1.807) is 6.07 Å². The van der Waals surface area contributed by atoms with Crippen molar-refractivity contribution in [2.45, 2.75) is 6.18 Å². The summed E-state index contributed by atoms with van der Waals surface area (Å²) in [5.74, 6) is -1.19. The molecule has 0 saturated heterocycles. The van der Waals surface area contributed by atoms with E-state index in [4.69, 9.17) is 0 Å². The molecule has 0 bridgehead atoms. The highest BCUT2D eigenvalue weighted by molar-refractivity contribution is 6.05. The molecule has 0 radical (unpaired) electrons. The first-order valence-corrected chi connectivity index (χ1v) is 7.78. The van der Waals surface area contributed by atoms with Gasteiger partial charge in [0.05, 0.1) is 28.7 Å². The zero-order valence-electron chi connectivity index (χ0n) is 13.7. The molecule has 4 nitrogen and oxygen atoms in total. The molecule has 0 aliphatic heterocycles. The Morgan fingerprint density at radius 2 is 1.70 bits per heavy atom. The number of nitrogens with one attached hydrogen (secondary N) is 2. The number of rotatable bonds is 4. The van der Waals surface area contributed by atoms with Gasteiger partial charge >= 0.3 is 6.18 Å². The van der Waals surface area contributed by atoms with E-state index < -0.39 is 23.5 Å². The molecule has 1 aromatic heterocycles. The van der Waals surface area contributed by atoms with Gasteiger partial charge in [-0.15, -0.1) is 0 Å². The van der Waals surface area contributed by atoms with Crippen molar-refractivity contribution in [3.8, 4) is 0 Å². The van der Waals surface area contributed by atoms with Gasteiger partial charge in [0.1, 0.15) is 5.82 Å². The van der Waals surface area contributed by atoms with Crippen LogP contribution in [0.2, 0.25) is 0 Å². The van der Waals surface area contributed by atoms with Crippen LogP contribution in [0.5, 0.6) is 0 Å². The Kier molecular flexibility index (Phi) is 5.07. The normalized spacial score (nSPS) is 11.1. The Morgan fingerprint density at radius 3 is 2.44 bits per heavy atom. The zero-order valence-corrected chi connectivity index (χ0v) is 13.7. The number of hydrogen-bond acceptors (Lipinski definition) is 3. The number of benzene rings is 2. The molecule has 8 heteroatoms. The molecule has 0 aliphatic carbocycles. The molecule has 0 atom stereocenters. The lowest BCUT2D eigenvalue weighted by Gasteiger charge is -2.14. The highest BCUT2D eigenvalue weighted by Crippen LogP contribution is 2.34. The number of anilines is 3. The lowest BCUT2D eigenvalue weighted by atomic mass is 10.1. The van der Waals surface area contributed by atoms with Crippen LogP contribution in [0.15, 0.2) is 67.0 Å². The average molecular weight is 375 g/mol. The number of aromatic nitrogens is 1. The van der Waals surface area contributed by atoms with Gasteiger partial charge in [-0.1, -0.05) is 18.2 Å². The maximum atomic E-state index is 13.2. The lowest BCUT2D eigenvalue weighted by molar-refractivity contribution is -0.136. The van der Waals surface area contributed by atoms with Gasteiger partial charge in [-0.25, -0.2) is 4.39 Å². The van der Waals surface area contributed by atoms with Gasteiger partial charge in [0, 0.05) is 11.9 Å². The third kappa shape index (κ3) is 4.60. The van der Waals surface area contributed by atoms with E-state index >= 15 is 0 Å². The summed E-state index contributed by atoms with van der Waals surface area (Å²) in [6.07, 6.45) is -1.96. The summed E-state index contributed by atoms with van der Waals surface area (Å²) in [7, 11) is 0. The minimum atomic E-state index is -4.59. The second kappa shape index (κ2) is 7.45. The van der Waals surface area contributed by atoms with Crippen molar-refractivity contribution in [2.75, 3.05) is 10.6 Å². The van der Waals surface area contributed by atoms with Gasteiger partial charge in [-0.05, 0) is 36.4 Å². The maximum absolute atomic E-state index is 13.2. The van der Waals surface area contributed by atoms with Crippen LogP contribution in [0.3, 0.4) is 0 Å². The molecule has 0 saturated carbocycles. The molecular weight excluding hydrogens is 362 g/mol. The Labute approximate surface area is 151 Å². The molecular formula is C19H13F4N3O. The molecule has 0 fully saturated rings. The van der Waals surface area contributed by atoms with E-state index in [-0.39, 0.29) is 11.3 Å². The second-order valence-electron chi connectivity index (χ2n) is 5.60. The van der Waals surface area contributed by atoms with E-state index in [2.05, 4.69) is 15.6 Å². The predicted molar refractivity (Wildman–Crippen MR) is 93.3 cm³/mol. The monoisotopic (exact) mass is 375 g/mol. The number of nitrogens with zero attached hydrogens (tertiary/aromatic N) is 1. The number of amides is 1. The van der Waals surface area contributed by atoms with E-state index in [9.17, 15) is 22.4 Å². The van der Waals surface area contributed by atoms with Crippen molar-refractivity contribution < 1.29 is 22.4 Å². The fourth-order valence-corrected chi connectivity index (χ4v) is 2.40. The molecule has 138 valence electrons. The number of pyridine rings is 1. The van der Waals surface area contributed by atoms with Crippen LogP contribution in [-0.2, 0) is 6.18 Å². The molecule has 0 aliphatic rings. The molecule has 2 aromatic carbocycles. The second-order valence-corrected chi connectivity index (χ2v) is 5.60. The van der Waals surface area contributed by atoms with E-state index in [1.807, 2.05) is 0 Å². The van der Waals surface area contributed by atoms with Crippen LogP contribution in [0.1, 0.15) is 15.9 Å². The van der Waals surface area contributed by atoms with Crippen molar-refractivity contribution in [2.24, 2.45) is 0 Å². The van der Waals surface area contributed by atoms with Crippen LogP contribution >= 0.6 is 0 Å². The van der Waals surface area contributed by atoms with Crippen LogP contribution in [0, 0.1) is 5.82 Å². The van der Waals surface area contributed by atoms with Gasteiger partial charge in [0.15, 0.2) is 0 Å². The molecule has 3 rings (SSSR count). The fraction of sp³-hybridized carbons (Fsp3) is 0.0526. The van der Waals surface area contributed by atoms with Crippen molar-refractivity contribution in [3.05, 3.63) is 83.9 Å². The van der Waals surface area contributed by atoms with Crippen molar-refractivity contribution >= 4 is 23.0 Å². The number of carbonyl (C=O) groups excluding carboxylic acids is 1. The minimum absolute atomic E-state index is 0.0494. The number of para-hydroxylation sites is 1. The van der Waals surface area contributed by atoms with E-state index in [1.165, 1.54) is 54.9 Å². The van der Waals surface area contributed by atoms with E-state index in [0.717, 1.165) is 6.07 Å². The highest BCUT2D eigenvalue weighted by atomic mass is 19.4. The molecule has 1 heterocycles. The fourth-order valence-electron chi connectivity index (χ4n) is 2.40. The summed E-state index contributed by atoms with van der Waals surface area (Å²) >= 11 is 0. The Hall–Kier alpha value is -3.42. The summed E-state index contributed by atoms with van der Waals surface area (Å²) in [6, 6.07) is 11.8. The molecule has 27 heavy (non-hydrogen) atoms. The summed E-state index contributed by atoms with van der Waals surface area (Å²) < 4.78 is 52.4. The third-order valence-electron chi connectivity index (χ3n) is 3.59. The number of alkyl halides is 3. The summed E-state index contributed by atoms with van der Waals surface area (Å²) in [6.45, 7) is 0. The van der Waals surface area contributed by atoms with Crippen molar-refractivity contribution in [1.29, 1.82) is 0 Å². The lowest BCUT2D eigenvalue weighted by Crippen LogP contribution is -2.17. The predicted octanol–water partition coefficient (Wildman–Crippen LogP) is 5.24. The highest BCUT2D eigenvalue weighted by Gasteiger charge is 2.33. The first-order valence-electron chi connectivity index (χ1n) is 7.78. The summed E-state index contributed by atoms with van der Waals surface area (Å²) in [5, 5.41) is 5.12. The van der Waals surface area contributed by atoms with Crippen LogP contribution in [-0.4, -0.2) is 10.9 Å². The average Bonchev–Trinajstić information content (AvgIpc) is 2.61. The number of carbonyl (C=O) groups is 1. The zero-order chi connectivity index (χ0) is 19.4. The number of halogens is 4. The Balaban J connectivity index is 1.81. The third-order valence-corrected chi connectivity index (χ3v) is 3.59. The molecule has 3 aromatic rings. The molecule has 0 spiro atoms. The van der Waals surface area contributed by atoms with E-state index in [0.29, 0.717) is 11.4 Å². The van der Waals surface area contributed by atoms with Crippen molar-refractivity contribution in [3.63, 3.8) is 0 Å². The SMILES string of the molecule is O=C(Nc1ccccc1C(F)(F)F)c1cncc(Nc2cccc(F)c2)c1. The smallest absolute Gasteiger partial charge is 0.354 e. The molecule has 1 amide bonds. The maximum Gasteiger partial charge on any atom is 0.418 e.